The molecular formula is C23H16Cl2N2OS. The summed E-state index contributed by atoms with van der Waals surface area (Å²) < 4.78 is 0. The number of hydrogen-bond acceptors (Lipinski definition) is 3. The van der Waals surface area contributed by atoms with Crippen LogP contribution < -0.4 is 5.32 Å². The summed E-state index contributed by atoms with van der Waals surface area (Å²) in [4.78, 5) is 17.0. The summed E-state index contributed by atoms with van der Waals surface area (Å²) >= 11 is 13.5. The molecule has 0 atom stereocenters. The van der Waals surface area contributed by atoms with E-state index in [-0.39, 0.29) is 5.91 Å². The first-order valence-corrected chi connectivity index (χ1v) is 10.6. The maximum atomic E-state index is 12.6. The van der Waals surface area contributed by atoms with Crippen LogP contribution in [0.25, 0.3) is 11.3 Å². The van der Waals surface area contributed by atoms with Crippen molar-refractivity contribution in [2.45, 2.75) is 6.42 Å². The Bertz CT molecular complexity index is 1140. The van der Waals surface area contributed by atoms with Crippen molar-refractivity contribution in [3.63, 3.8) is 0 Å². The lowest BCUT2D eigenvalue weighted by Crippen LogP contribution is -2.11. The summed E-state index contributed by atoms with van der Waals surface area (Å²) in [5, 5.41) is 6.31. The van der Waals surface area contributed by atoms with Crippen LogP contribution in [0.3, 0.4) is 0 Å². The zero-order chi connectivity index (χ0) is 20.2. The minimum absolute atomic E-state index is 0.195. The summed E-state index contributed by atoms with van der Waals surface area (Å²) in [6.07, 6.45) is 0.834. The number of hydrogen-bond donors (Lipinski definition) is 1. The van der Waals surface area contributed by atoms with Crippen molar-refractivity contribution < 1.29 is 4.79 Å². The molecule has 4 rings (SSSR count). The average molecular weight is 439 g/mol. The molecule has 1 aromatic heterocycles. The Balaban J connectivity index is 1.44. The number of halogens is 2. The Morgan fingerprint density at radius 3 is 2.38 bits per heavy atom. The molecule has 0 aliphatic carbocycles. The molecule has 3 nitrogen and oxygen atoms in total. The molecule has 0 spiro atoms. The van der Waals surface area contributed by atoms with Crippen LogP contribution in [0.1, 0.15) is 21.5 Å². The van der Waals surface area contributed by atoms with Crippen LogP contribution in [0.2, 0.25) is 10.0 Å². The molecule has 0 radical (unpaired) electrons. The molecular weight excluding hydrogens is 423 g/mol. The molecule has 144 valence electrons. The van der Waals surface area contributed by atoms with E-state index < -0.39 is 0 Å². The van der Waals surface area contributed by atoms with Gasteiger partial charge in [0, 0.05) is 21.5 Å². The van der Waals surface area contributed by atoms with E-state index >= 15 is 0 Å². The van der Waals surface area contributed by atoms with Crippen molar-refractivity contribution in [1.29, 1.82) is 0 Å². The molecule has 1 amide bonds. The smallest absolute Gasteiger partial charge is 0.257 e. The fourth-order valence-electron chi connectivity index (χ4n) is 2.93. The number of nitrogens with zero attached hydrogens (tertiary/aromatic N) is 1. The van der Waals surface area contributed by atoms with Gasteiger partial charge in [-0.2, -0.15) is 0 Å². The molecule has 6 heteroatoms. The molecule has 0 bridgehead atoms. The first kappa shape index (κ1) is 19.6. The summed E-state index contributed by atoms with van der Waals surface area (Å²) in [5.41, 5.74) is 4.45. The number of rotatable bonds is 5. The van der Waals surface area contributed by atoms with E-state index in [1.807, 2.05) is 53.9 Å². The number of carbonyl (C=O) groups excluding carboxylic acids is 1. The van der Waals surface area contributed by atoms with Crippen molar-refractivity contribution >= 4 is 45.6 Å². The predicted octanol–water partition coefficient (Wildman–Crippen LogP) is 6.96. The summed E-state index contributed by atoms with van der Waals surface area (Å²) in [6.45, 7) is 0. The number of nitrogens with one attached hydrogen (secondary N) is 1. The number of benzene rings is 3. The highest BCUT2D eigenvalue weighted by Gasteiger charge is 2.12. The third-order valence-electron chi connectivity index (χ3n) is 4.40. The third-order valence-corrected chi connectivity index (χ3v) is 5.70. The fourth-order valence-corrected chi connectivity index (χ4v) is 4.14. The number of thiazole rings is 1. The first-order chi connectivity index (χ1) is 14.1. The van der Waals surface area contributed by atoms with Crippen LogP contribution in [0.5, 0.6) is 0 Å². The van der Waals surface area contributed by atoms with Gasteiger partial charge in [0.15, 0.2) is 5.13 Å². The van der Waals surface area contributed by atoms with Gasteiger partial charge in [0.2, 0.25) is 0 Å². The van der Waals surface area contributed by atoms with E-state index in [4.69, 9.17) is 23.2 Å². The van der Waals surface area contributed by atoms with Crippen LogP contribution in [-0.4, -0.2) is 10.9 Å². The van der Waals surface area contributed by atoms with Gasteiger partial charge in [0.1, 0.15) is 0 Å². The summed E-state index contributed by atoms with van der Waals surface area (Å²) in [7, 11) is 0. The lowest BCUT2D eigenvalue weighted by atomic mass is 10.0. The topological polar surface area (TPSA) is 42.0 Å². The maximum absolute atomic E-state index is 12.6. The van der Waals surface area contributed by atoms with E-state index in [0.29, 0.717) is 26.4 Å². The van der Waals surface area contributed by atoms with Gasteiger partial charge in [-0.25, -0.2) is 4.98 Å². The minimum Gasteiger partial charge on any atom is -0.298 e. The van der Waals surface area contributed by atoms with Crippen molar-refractivity contribution in [3.05, 3.63) is 105 Å². The second-order valence-electron chi connectivity index (χ2n) is 6.48. The van der Waals surface area contributed by atoms with Crippen LogP contribution in [0, 0.1) is 0 Å². The highest BCUT2D eigenvalue weighted by Crippen LogP contribution is 2.32. The largest absolute Gasteiger partial charge is 0.298 e. The molecule has 0 aliphatic rings. The Kier molecular flexibility index (Phi) is 5.95. The average Bonchev–Trinajstić information content (AvgIpc) is 3.17. The summed E-state index contributed by atoms with van der Waals surface area (Å²) in [5.74, 6) is -0.195. The van der Waals surface area contributed by atoms with Crippen molar-refractivity contribution in [2.24, 2.45) is 0 Å². The second kappa shape index (κ2) is 8.78. The summed E-state index contributed by atoms with van der Waals surface area (Å²) in [6, 6.07) is 23.1. The van der Waals surface area contributed by atoms with Crippen LogP contribution in [-0.2, 0) is 6.42 Å². The van der Waals surface area contributed by atoms with Gasteiger partial charge < -0.3 is 0 Å². The monoisotopic (exact) mass is 438 g/mol. The van der Waals surface area contributed by atoms with Crippen LogP contribution in [0.15, 0.2) is 78.2 Å². The Labute approximate surface area is 183 Å². The van der Waals surface area contributed by atoms with Crippen molar-refractivity contribution in [2.75, 3.05) is 5.32 Å². The molecule has 0 aliphatic heterocycles. The number of aromatic nitrogens is 1. The van der Waals surface area contributed by atoms with E-state index in [0.717, 1.165) is 17.5 Å². The van der Waals surface area contributed by atoms with Crippen LogP contribution >= 0.6 is 34.5 Å². The number of carbonyl (C=O) groups is 1. The zero-order valence-electron chi connectivity index (χ0n) is 15.2. The Hall–Kier alpha value is -2.66. The quantitative estimate of drug-likeness (QED) is 0.365. The zero-order valence-corrected chi connectivity index (χ0v) is 17.6. The lowest BCUT2D eigenvalue weighted by molar-refractivity contribution is 0.102. The van der Waals surface area contributed by atoms with Crippen molar-refractivity contribution in [1.82, 2.24) is 4.98 Å². The number of amides is 1. The van der Waals surface area contributed by atoms with Gasteiger partial charge in [0.05, 0.1) is 10.7 Å². The molecule has 0 unspecified atom stereocenters. The molecule has 4 aromatic rings. The maximum Gasteiger partial charge on any atom is 0.257 e. The predicted molar refractivity (Wildman–Crippen MR) is 121 cm³/mol. The van der Waals surface area contributed by atoms with E-state index in [1.54, 1.807) is 12.1 Å². The Morgan fingerprint density at radius 1 is 0.931 bits per heavy atom. The molecule has 3 aromatic carbocycles. The van der Waals surface area contributed by atoms with Gasteiger partial charge in [-0.05, 0) is 47.9 Å². The standard InChI is InChI=1S/C23H16Cl2N2OS/c24-18-10-11-19(20(25)13-18)21-14-29-23(26-21)27-22(28)17-8-6-16(7-9-17)12-15-4-2-1-3-5-15/h1-11,13-14H,12H2,(H,26,27,28). The molecule has 1 N–H and O–H groups in total. The molecule has 0 fully saturated rings. The second-order valence-corrected chi connectivity index (χ2v) is 8.18. The highest BCUT2D eigenvalue weighted by molar-refractivity contribution is 7.14. The normalized spacial score (nSPS) is 10.7. The van der Waals surface area contributed by atoms with Gasteiger partial charge in [0.25, 0.3) is 5.91 Å². The van der Waals surface area contributed by atoms with Gasteiger partial charge in [-0.3, -0.25) is 10.1 Å². The van der Waals surface area contributed by atoms with E-state index in [1.165, 1.54) is 16.9 Å². The van der Waals surface area contributed by atoms with Crippen molar-refractivity contribution in [3.8, 4) is 11.3 Å². The SMILES string of the molecule is O=C(Nc1nc(-c2ccc(Cl)cc2Cl)cs1)c1ccc(Cc2ccccc2)cc1. The molecule has 0 saturated carbocycles. The third kappa shape index (κ3) is 4.85. The van der Waals surface area contributed by atoms with Crippen LogP contribution in [0.4, 0.5) is 5.13 Å². The Morgan fingerprint density at radius 2 is 1.66 bits per heavy atom. The molecule has 29 heavy (non-hydrogen) atoms. The van der Waals surface area contributed by atoms with E-state index in [9.17, 15) is 4.79 Å². The first-order valence-electron chi connectivity index (χ1n) is 8.93. The van der Waals surface area contributed by atoms with E-state index in [2.05, 4.69) is 22.4 Å². The lowest BCUT2D eigenvalue weighted by Gasteiger charge is -2.05. The number of anilines is 1. The fraction of sp³-hybridized carbons (Fsp3) is 0.0435. The molecule has 0 saturated heterocycles. The highest BCUT2D eigenvalue weighted by atomic mass is 35.5. The van der Waals surface area contributed by atoms with Gasteiger partial charge in [-0.15, -0.1) is 11.3 Å². The minimum atomic E-state index is -0.195. The molecule has 1 heterocycles. The van der Waals surface area contributed by atoms with Gasteiger partial charge >= 0.3 is 0 Å². The van der Waals surface area contributed by atoms with Gasteiger partial charge in [-0.1, -0.05) is 65.7 Å².